The van der Waals surface area contributed by atoms with Crippen LogP contribution in [0.15, 0.2) is 53.4 Å². The van der Waals surface area contributed by atoms with E-state index >= 15 is 0 Å². The van der Waals surface area contributed by atoms with Gasteiger partial charge in [-0.2, -0.15) is 17.5 Å². The Bertz CT molecular complexity index is 1100. The standard InChI is InChI=1S/C19H18F3N3O5S/c20-19(21,22)15-5-3-4-14(12-15)13-18(26)23-8-10-24(11-9-23)31(29,30)17-7-2-1-6-16(17)25(27)28/h1-7,12H,8-11,13H2. The minimum Gasteiger partial charge on any atom is -0.340 e. The summed E-state index contributed by atoms with van der Waals surface area (Å²) in [5.41, 5.74) is -1.18. The van der Waals surface area contributed by atoms with Gasteiger partial charge in [0.2, 0.25) is 15.9 Å². The van der Waals surface area contributed by atoms with Gasteiger partial charge in [-0.25, -0.2) is 8.42 Å². The molecule has 0 spiro atoms. The number of carbonyl (C=O) groups is 1. The third-order valence-electron chi connectivity index (χ3n) is 4.88. The Balaban J connectivity index is 1.67. The van der Waals surface area contributed by atoms with Gasteiger partial charge in [0.15, 0.2) is 4.90 Å². The van der Waals surface area contributed by atoms with Gasteiger partial charge in [-0.3, -0.25) is 14.9 Å². The van der Waals surface area contributed by atoms with Gasteiger partial charge < -0.3 is 4.90 Å². The molecule has 0 N–H and O–H groups in total. The molecule has 3 rings (SSSR count). The first-order chi connectivity index (χ1) is 14.5. The van der Waals surface area contributed by atoms with Crippen LogP contribution in [0.25, 0.3) is 0 Å². The highest BCUT2D eigenvalue weighted by molar-refractivity contribution is 7.89. The number of carbonyl (C=O) groups excluding carboxylic acids is 1. The lowest BCUT2D eigenvalue weighted by atomic mass is 10.1. The van der Waals surface area contributed by atoms with Crippen LogP contribution in [0.3, 0.4) is 0 Å². The highest BCUT2D eigenvalue weighted by atomic mass is 32.2. The Kier molecular flexibility index (Phi) is 6.32. The van der Waals surface area contributed by atoms with Crippen LogP contribution in [-0.2, 0) is 27.4 Å². The van der Waals surface area contributed by atoms with Crippen LogP contribution in [0.1, 0.15) is 11.1 Å². The quantitative estimate of drug-likeness (QED) is 0.508. The monoisotopic (exact) mass is 457 g/mol. The van der Waals surface area contributed by atoms with E-state index in [0.717, 1.165) is 28.6 Å². The van der Waals surface area contributed by atoms with Gasteiger partial charge in [0, 0.05) is 32.2 Å². The summed E-state index contributed by atoms with van der Waals surface area (Å²) >= 11 is 0. The van der Waals surface area contributed by atoms with Crippen LogP contribution in [-0.4, -0.2) is 54.6 Å². The first kappa shape index (κ1) is 22.7. The van der Waals surface area contributed by atoms with Crippen molar-refractivity contribution in [3.05, 3.63) is 69.8 Å². The smallest absolute Gasteiger partial charge is 0.340 e. The minimum absolute atomic E-state index is 0.0255. The van der Waals surface area contributed by atoms with E-state index in [0.29, 0.717) is 0 Å². The molecule has 1 fully saturated rings. The summed E-state index contributed by atoms with van der Waals surface area (Å²) in [5, 5.41) is 11.2. The van der Waals surface area contributed by atoms with E-state index in [1.54, 1.807) is 0 Å². The van der Waals surface area contributed by atoms with Gasteiger partial charge in [-0.15, -0.1) is 0 Å². The molecule has 0 aromatic heterocycles. The second kappa shape index (κ2) is 8.63. The first-order valence-corrected chi connectivity index (χ1v) is 10.6. The number of hydrogen-bond donors (Lipinski definition) is 0. The number of piperazine rings is 1. The Morgan fingerprint density at radius 1 is 1.03 bits per heavy atom. The van der Waals surface area contributed by atoms with Gasteiger partial charge in [0.25, 0.3) is 5.69 Å². The molecule has 1 aliphatic rings. The van der Waals surface area contributed by atoms with Crippen LogP contribution in [0, 0.1) is 10.1 Å². The maximum atomic E-state index is 12.8. The Labute approximate surface area is 176 Å². The van der Waals surface area contributed by atoms with Crippen molar-refractivity contribution in [2.24, 2.45) is 0 Å². The van der Waals surface area contributed by atoms with E-state index in [-0.39, 0.29) is 38.2 Å². The number of nitro groups is 1. The van der Waals surface area contributed by atoms with Gasteiger partial charge in [0.05, 0.1) is 16.9 Å². The predicted octanol–water partition coefficient (Wildman–Crippen LogP) is 2.69. The average molecular weight is 457 g/mol. The summed E-state index contributed by atoms with van der Waals surface area (Å²) in [5.74, 6) is -0.429. The van der Waals surface area contributed by atoms with Crippen LogP contribution < -0.4 is 0 Å². The zero-order valence-electron chi connectivity index (χ0n) is 16.1. The molecule has 1 heterocycles. The zero-order valence-corrected chi connectivity index (χ0v) is 16.9. The van der Waals surface area contributed by atoms with Crippen molar-refractivity contribution in [1.29, 1.82) is 0 Å². The summed E-state index contributed by atoms with van der Waals surface area (Å²) in [6.07, 6.45) is -4.76. The van der Waals surface area contributed by atoms with Crippen LogP contribution in [0.2, 0.25) is 0 Å². The second-order valence-corrected chi connectivity index (χ2v) is 8.79. The summed E-state index contributed by atoms with van der Waals surface area (Å²) in [6, 6.07) is 9.47. The molecular formula is C19H18F3N3O5S. The number of para-hydroxylation sites is 1. The maximum absolute atomic E-state index is 12.8. The predicted molar refractivity (Wildman–Crippen MR) is 104 cm³/mol. The van der Waals surface area contributed by atoms with Crippen molar-refractivity contribution in [3.8, 4) is 0 Å². The van der Waals surface area contributed by atoms with E-state index in [1.807, 2.05) is 0 Å². The normalized spacial score (nSPS) is 15.6. The lowest BCUT2D eigenvalue weighted by Gasteiger charge is -2.34. The Hall–Kier alpha value is -2.99. The van der Waals surface area contributed by atoms with Crippen LogP contribution >= 0.6 is 0 Å². The molecule has 1 aliphatic heterocycles. The number of rotatable bonds is 5. The van der Waals surface area contributed by atoms with Gasteiger partial charge >= 0.3 is 6.18 Å². The van der Waals surface area contributed by atoms with E-state index in [1.165, 1.54) is 29.2 Å². The van der Waals surface area contributed by atoms with E-state index < -0.39 is 43.2 Å². The molecule has 0 saturated carbocycles. The lowest BCUT2D eigenvalue weighted by Crippen LogP contribution is -2.50. The van der Waals surface area contributed by atoms with Crippen molar-refractivity contribution in [2.75, 3.05) is 26.2 Å². The molecule has 31 heavy (non-hydrogen) atoms. The fraction of sp³-hybridized carbons (Fsp3) is 0.316. The topological polar surface area (TPSA) is 101 Å². The van der Waals surface area contributed by atoms with Crippen molar-refractivity contribution in [3.63, 3.8) is 0 Å². The van der Waals surface area contributed by atoms with Crippen molar-refractivity contribution < 1.29 is 31.3 Å². The van der Waals surface area contributed by atoms with Crippen molar-refractivity contribution in [2.45, 2.75) is 17.5 Å². The van der Waals surface area contributed by atoms with Crippen molar-refractivity contribution in [1.82, 2.24) is 9.21 Å². The number of nitro benzene ring substituents is 1. The van der Waals surface area contributed by atoms with E-state index in [4.69, 9.17) is 0 Å². The van der Waals surface area contributed by atoms with Gasteiger partial charge in [0.1, 0.15) is 0 Å². The number of alkyl halides is 3. The molecule has 12 heteroatoms. The largest absolute Gasteiger partial charge is 0.416 e. The van der Waals surface area contributed by atoms with E-state index in [9.17, 15) is 36.5 Å². The number of nitrogens with zero attached hydrogens (tertiary/aromatic N) is 3. The fourth-order valence-electron chi connectivity index (χ4n) is 3.29. The molecule has 0 aliphatic carbocycles. The molecule has 2 aromatic carbocycles. The SMILES string of the molecule is O=C(Cc1cccc(C(F)(F)F)c1)N1CCN(S(=O)(=O)c2ccccc2[N+](=O)[O-])CC1. The molecule has 1 amide bonds. The molecule has 2 aromatic rings. The molecule has 0 bridgehead atoms. The molecule has 0 unspecified atom stereocenters. The Morgan fingerprint density at radius 2 is 1.68 bits per heavy atom. The van der Waals surface area contributed by atoms with E-state index in [2.05, 4.69) is 0 Å². The molecule has 1 saturated heterocycles. The highest BCUT2D eigenvalue weighted by Crippen LogP contribution is 2.30. The summed E-state index contributed by atoms with van der Waals surface area (Å²) in [4.78, 5) is 23.8. The average Bonchev–Trinajstić information content (AvgIpc) is 2.73. The molecule has 166 valence electrons. The molecule has 0 radical (unpaired) electrons. The summed E-state index contributed by atoms with van der Waals surface area (Å²) in [6.45, 7) is -0.110. The molecular weight excluding hydrogens is 439 g/mol. The molecule has 8 nitrogen and oxygen atoms in total. The van der Waals surface area contributed by atoms with Crippen LogP contribution in [0.5, 0.6) is 0 Å². The fourth-order valence-corrected chi connectivity index (χ4v) is 4.87. The third-order valence-corrected chi connectivity index (χ3v) is 6.83. The maximum Gasteiger partial charge on any atom is 0.416 e. The van der Waals surface area contributed by atoms with Crippen LogP contribution in [0.4, 0.5) is 18.9 Å². The molecule has 0 atom stereocenters. The van der Waals surface area contributed by atoms with Gasteiger partial charge in [-0.05, 0) is 17.7 Å². The number of benzene rings is 2. The second-order valence-electron chi connectivity index (χ2n) is 6.88. The zero-order chi connectivity index (χ0) is 22.8. The third kappa shape index (κ3) is 5.02. The lowest BCUT2D eigenvalue weighted by molar-refractivity contribution is -0.387. The number of hydrogen-bond acceptors (Lipinski definition) is 5. The Morgan fingerprint density at radius 3 is 2.29 bits per heavy atom. The minimum atomic E-state index is -4.51. The van der Waals surface area contributed by atoms with Gasteiger partial charge in [-0.1, -0.05) is 30.3 Å². The number of amides is 1. The summed E-state index contributed by atoms with van der Waals surface area (Å²) < 4.78 is 65.2. The summed E-state index contributed by atoms with van der Waals surface area (Å²) in [7, 11) is -4.14. The first-order valence-electron chi connectivity index (χ1n) is 9.17. The number of halogens is 3. The van der Waals surface area contributed by atoms with Crippen molar-refractivity contribution >= 4 is 21.6 Å². The number of sulfonamides is 1. The highest BCUT2D eigenvalue weighted by Gasteiger charge is 2.34.